The molecular formula is C14H18Cl2N2O. The van der Waals surface area contributed by atoms with Crippen molar-refractivity contribution < 1.29 is 8.91 Å². The summed E-state index contributed by atoms with van der Waals surface area (Å²) in [4.78, 5) is 14.1. The van der Waals surface area contributed by atoms with Gasteiger partial charge in [-0.2, -0.15) is 0 Å². The van der Waals surface area contributed by atoms with Gasteiger partial charge in [-0.3, -0.25) is 15.0 Å². The molecule has 104 valence electrons. The number of halogens is 2. The van der Waals surface area contributed by atoms with Crippen LogP contribution in [0.15, 0.2) is 18.2 Å². The molecule has 1 fully saturated rings. The van der Waals surface area contributed by atoms with E-state index in [1.54, 1.807) is 18.2 Å². The van der Waals surface area contributed by atoms with Crippen LogP contribution in [0, 0.1) is 5.41 Å². The maximum atomic E-state index is 12.6. The number of amides is 1. The van der Waals surface area contributed by atoms with Crippen LogP contribution in [0.1, 0.15) is 31.7 Å². The van der Waals surface area contributed by atoms with Gasteiger partial charge in [0.15, 0.2) is 0 Å². The van der Waals surface area contributed by atoms with E-state index in [0.29, 0.717) is 15.7 Å². The molecule has 19 heavy (non-hydrogen) atoms. The Kier molecular flexibility index (Phi) is 2.86. The molecule has 0 radical (unpaired) electrons. The first kappa shape index (κ1) is 11.0. The minimum Gasteiger partial charge on any atom is -0.294 e. The molecule has 1 N–H and O–H groups in total. The molecule has 0 unspecified atom stereocenters. The minimum absolute atomic E-state index is 0.371. The van der Waals surface area contributed by atoms with Crippen LogP contribution >= 0.6 is 23.2 Å². The third kappa shape index (κ3) is 2.88. The fourth-order valence-corrected chi connectivity index (χ4v) is 2.68. The van der Waals surface area contributed by atoms with E-state index >= 15 is 0 Å². The Morgan fingerprint density at radius 2 is 1.84 bits per heavy atom. The standard InChI is InChI=1S/C14H18Cl2N2O/c1-8-12(19)18(13(17-8)14(2,3)4)11-6-9(15)5-10(16)7-11/h5-8,13,17H,1-4H3/t8-,13+/m1/s1/i1D3. The number of carbonyl (C=O) groups excluding carboxylic acids is 1. The van der Waals surface area contributed by atoms with E-state index in [4.69, 9.17) is 27.3 Å². The van der Waals surface area contributed by atoms with Crippen LogP contribution in [0.3, 0.4) is 0 Å². The molecule has 1 saturated heterocycles. The fraction of sp³-hybridized carbons (Fsp3) is 0.500. The second-order valence-electron chi connectivity index (χ2n) is 5.70. The minimum atomic E-state index is -2.42. The zero-order valence-corrected chi connectivity index (χ0v) is 12.5. The van der Waals surface area contributed by atoms with E-state index < -0.39 is 25.0 Å². The van der Waals surface area contributed by atoms with Gasteiger partial charge in [0.25, 0.3) is 0 Å². The zero-order chi connectivity index (χ0) is 16.9. The Labute approximate surface area is 128 Å². The highest BCUT2D eigenvalue weighted by molar-refractivity contribution is 6.35. The lowest BCUT2D eigenvalue weighted by molar-refractivity contribution is -0.118. The molecule has 0 bridgehead atoms. The van der Waals surface area contributed by atoms with Crippen molar-refractivity contribution in [2.45, 2.75) is 39.8 Å². The highest BCUT2D eigenvalue weighted by Crippen LogP contribution is 2.34. The molecule has 1 amide bonds. The topological polar surface area (TPSA) is 32.3 Å². The molecule has 1 heterocycles. The van der Waals surface area contributed by atoms with Crippen LogP contribution in [0.2, 0.25) is 10.0 Å². The highest BCUT2D eigenvalue weighted by Gasteiger charge is 2.43. The number of nitrogens with zero attached hydrogens (tertiary/aromatic N) is 1. The Hall–Kier alpha value is -0.770. The predicted octanol–water partition coefficient (Wildman–Crippen LogP) is 3.69. The van der Waals surface area contributed by atoms with E-state index in [1.807, 2.05) is 20.8 Å². The summed E-state index contributed by atoms with van der Waals surface area (Å²) in [5.74, 6) is -0.502. The smallest absolute Gasteiger partial charge is 0.245 e. The van der Waals surface area contributed by atoms with Crippen molar-refractivity contribution in [3.8, 4) is 0 Å². The van der Waals surface area contributed by atoms with Gasteiger partial charge in [0.05, 0.1) is 12.2 Å². The molecule has 0 aromatic heterocycles. The molecule has 1 aliphatic heterocycles. The molecule has 0 saturated carbocycles. The molecule has 1 aromatic carbocycles. The molecule has 1 aliphatic rings. The molecule has 1 aromatic rings. The first-order chi connectivity index (χ1) is 9.91. The van der Waals surface area contributed by atoms with E-state index in [9.17, 15) is 4.79 Å². The average molecular weight is 304 g/mol. The molecule has 2 rings (SSSR count). The molecule has 0 aliphatic carbocycles. The normalized spacial score (nSPS) is 27.1. The summed E-state index contributed by atoms with van der Waals surface area (Å²) in [5.41, 5.74) is 0.117. The lowest BCUT2D eigenvalue weighted by Crippen LogP contribution is -2.47. The van der Waals surface area contributed by atoms with E-state index in [-0.39, 0.29) is 5.41 Å². The number of hydrogen-bond acceptors (Lipinski definition) is 2. The third-order valence-corrected chi connectivity index (χ3v) is 3.45. The van der Waals surface area contributed by atoms with E-state index in [0.717, 1.165) is 0 Å². The highest BCUT2D eigenvalue weighted by atomic mass is 35.5. The third-order valence-electron chi connectivity index (χ3n) is 3.01. The number of carbonyl (C=O) groups is 1. The van der Waals surface area contributed by atoms with Crippen molar-refractivity contribution in [2.24, 2.45) is 5.41 Å². The van der Waals surface area contributed by atoms with Gasteiger partial charge in [-0.1, -0.05) is 44.0 Å². The maximum absolute atomic E-state index is 12.6. The number of benzene rings is 1. The lowest BCUT2D eigenvalue weighted by Gasteiger charge is -2.34. The largest absolute Gasteiger partial charge is 0.294 e. The summed E-state index contributed by atoms with van der Waals surface area (Å²) in [5, 5.41) is 3.71. The Bertz CT molecular complexity index is 578. The SMILES string of the molecule is [2H]C([2H])([2H])[C@H]1N[C@H](C(C)(C)C)N(c2cc(Cl)cc(Cl)c2)C1=O. The predicted molar refractivity (Wildman–Crippen MR) is 79.8 cm³/mol. The summed E-state index contributed by atoms with van der Waals surface area (Å²) in [6, 6.07) is 3.53. The molecule has 3 nitrogen and oxygen atoms in total. The summed E-state index contributed by atoms with van der Waals surface area (Å²) in [6.45, 7) is 3.37. The Morgan fingerprint density at radius 1 is 1.26 bits per heavy atom. The van der Waals surface area contributed by atoms with Crippen LogP contribution in [-0.4, -0.2) is 18.1 Å². The summed E-state index contributed by atoms with van der Waals surface area (Å²) in [7, 11) is 0. The van der Waals surface area contributed by atoms with Crippen molar-refractivity contribution in [1.29, 1.82) is 0 Å². The molecule has 2 atom stereocenters. The van der Waals surface area contributed by atoms with Crippen molar-refractivity contribution in [1.82, 2.24) is 5.32 Å². The van der Waals surface area contributed by atoms with E-state index in [2.05, 4.69) is 5.32 Å². The summed E-state index contributed by atoms with van der Waals surface area (Å²) >= 11 is 12.0. The molecule has 5 heteroatoms. The van der Waals surface area contributed by atoms with Crippen molar-refractivity contribution in [3.05, 3.63) is 28.2 Å². The number of hydrogen-bond donors (Lipinski definition) is 1. The Morgan fingerprint density at radius 3 is 2.32 bits per heavy atom. The van der Waals surface area contributed by atoms with Gasteiger partial charge in [0.1, 0.15) is 0 Å². The van der Waals surface area contributed by atoms with Gasteiger partial charge in [0.2, 0.25) is 5.91 Å². The summed E-state index contributed by atoms with van der Waals surface area (Å²) in [6.07, 6.45) is -0.472. The second-order valence-corrected chi connectivity index (χ2v) is 6.58. The monoisotopic (exact) mass is 303 g/mol. The van der Waals surface area contributed by atoms with Crippen molar-refractivity contribution >= 4 is 34.8 Å². The number of anilines is 1. The lowest BCUT2D eigenvalue weighted by atomic mass is 9.91. The van der Waals surface area contributed by atoms with Crippen LogP contribution in [0.4, 0.5) is 5.69 Å². The summed E-state index contributed by atoms with van der Waals surface area (Å²) < 4.78 is 22.7. The van der Waals surface area contributed by atoms with Crippen molar-refractivity contribution in [3.63, 3.8) is 0 Å². The van der Waals surface area contributed by atoms with Gasteiger partial charge in [-0.25, -0.2) is 0 Å². The number of rotatable bonds is 1. The van der Waals surface area contributed by atoms with Gasteiger partial charge in [-0.05, 0) is 30.5 Å². The zero-order valence-electron chi connectivity index (χ0n) is 14.0. The van der Waals surface area contributed by atoms with Crippen LogP contribution < -0.4 is 10.2 Å². The van der Waals surface area contributed by atoms with E-state index in [1.165, 1.54) is 4.90 Å². The van der Waals surface area contributed by atoms with Gasteiger partial charge in [0, 0.05) is 19.8 Å². The van der Waals surface area contributed by atoms with Crippen molar-refractivity contribution in [2.75, 3.05) is 4.90 Å². The second kappa shape index (κ2) is 4.97. The molecular weight excluding hydrogens is 283 g/mol. The van der Waals surface area contributed by atoms with Gasteiger partial charge < -0.3 is 0 Å². The van der Waals surface area contributed by atoms with Gasteiger partial charge in [-0.15, -0.1) is 0 Å². The quantitative estimate of drug-likeness (QED) is 0.858. The molecule has 0 spiro atoms. The Balaban J connectivity index is 2.51. The maximum Gasteiger partial charge on any atom is 0.245 e. The van der Waals surface area contributed by atoms with Crippen LogP contribution in [-0.2, 0) is 4.79 Å². The van der Waals surface area contributed by atoms with Crippen LogP contribution in [0.5, 0.6) is 0 Å². The van der Waals surface area contributed by atoms with Gasteiger partial charge >= 0.3 is 0 Å². The average Bonchev–Trinajstić information content (AvgIpc) is 2.64. The number of nitrogens with one attached hydrogen (secondary N) is 1. The first-order valence-corrected chi connectivity index (χ1v) is 6.72. The van der Waals surface area contributed by atoms with Crippen LogP contribution in [0.25, 0.3) is 0 Å². The fourth-order valence-electron chi connectivity index (χ4n) is 2.16. The first-order valence-electron chi connectivity index (χ1n) is 7.46.